The molecule has 0 saturated carbocycles. The molecule has 4 aromatic carbocycles. The number of hydrogen-bond donors (Lipinski definition) is 2. The van der Waals surface area contributed by atoms with Crippen LogP contribution in [0.3, 0.4) is 0 Å². The standard InChI is InChI=1S/2C14H13NS/c15-14(16)13-8-4-7-12(10-13)9-11-5-2-1-3-6-11;15-14(16)13-8-6-12(7-9-13)10-11-4-2-1-3-5-11/h1-8,10H,9H2,(H2,15,16);1-9H,10H2,(H2,15,16). The van der Waals surface area contributed by atoms with E-state index in [1.807, 2.05) is 48.5 Å². The highest BCUT2D eigenvalue weighted by Gasteiger charge is 2.00. The zero-order valence-corrected chi connectivity index (χ0v) is 19.4. The van der Waals surface area contributed by atoms with Gasteiger partial charge in [0.25, 0.3) is 0 Å². The van der Waals surface area contributed by atoms with Gasteiger partial charge in [0, 0.05) is 11.1 Å². The first-order chi connectivity index (χ1) is 15.5. The van der Waals surface area contributed by atoms with Gasteiger partial charge in [0.15, 0.2) is 0 Å². The molecule has 0 aliphatic rings. The van der Waals surface area contributed by atoms with Crippen LogP contribution >= 0.6 is 24.4 Å². The molecule has 0 aliphatic carbocycles. The van der Waals surface area contributed by atoms with Crippen molar-refractivity contribution in [3.8, 4) is 0 Å². The molecule has 4 rings (SSSR count). The summed E-state index contributed by atoms with van der Waals surface area (Å²) in [4.78, 5) is 0.904. The minimum absolute atomic E-state index is 0.450. The third kappa shape index (κ3) is 7.41. The molecule has 0 spiro atoms. The molecule has 4 aromatic rings. The summed E-state index contributed by atoms with van der Waals surface area (Å²) in [5.74, 6) is 0. The number of benzene rings is 4. The van der Waals surface area contributed by atoms with Gasteiger partial charge in [-0.2, -0.15) is 0 Å². The first-order valence-corrected chi connectivity index (χ1v) is 11.2. The lowest BCUT2D eigenvalue weighted by Crippen LogP contribution is -2.09. The first-order valence-electron chi connectivity index (χ1n) is 10.4. The van der Waals surface area contributed by atoms with Crippen molar-refractivity contribution in [3.05, 3.63) is 143 Å². The largest absolute Gasteiger partial charge is 0.389 e. The first kappa shape index (κ1) is 23.3. The third-order valence-electron chi connectivity index (χ3n) is 4.95. The Hall–Kier alpha value is -3.34. The average Bonchev–Trinajstić information content (AvgIpc) is 2.81. The lowest BCUT2D eigenvalue weighted by atomic mass is 10.0. The number of thiocarbonyl (C=S) groups is 2. The molecule has 0 unspecified atom stereocenters. The molecule has 32 heavy (non-hydrogen) atoms. The number of hydrogen-bond acceptors (Lipinski definition) is 2. The Morgan fingerprint density at radius 3 is 1.41 bits per heavy atom. The van der Waals surface area contributed by atoms with Crippen LogP contribution in [0.1, 0.15) is 33.4 Å². The lowest BCUT2D eigenvalue weighted by Gasteiger charge is -2.04. The normalized spacial score (nSPS) is 10.0. The van der Waals surface area contributed by atoms with Crippen molar-refractivity contribution >= 4 is 34.4 Å². The van der Waals surface area contributed by atoms with E-state index in [9.17, 15) is 0 Å². The molecule has 0 aliphatic heterocycles. The van der Waals surface area contributed by atoms with E-state index < -0.39 is 0 Å². The Morgan fingerprint density at radius 2 is 0.906 bits per heavy atom. The van der Waals surface area contributed by atoms with Gasteiger partial charge in [0.1, 0.15) is 9.98 Å². The van der Waals surface area contributed by atoms with Gasteiger partial charge in [0.2, 0.25) is 0 Å². The highest BCUT2D eigenvalue weighted by Crippen LogP contribution is 2.12. The van der Waals surface area contributed by atoms with E-state index in [0.717, 1.165) is 24.0 Å². The van der Waals surface area contributed by atoms with Gasteiger partial charge in [-0.05, 0) is 41.2 Å². The summed E-state index contributed by atoms with van der Waals surface area (Å²) >= 11 is 9.88. The monoisotopic (exact) mass is 454 g/mol. The molecule has 2 nitrogen and oxygen atoms in total. The zero-order chi connectivity index (χ0) is 22.8. The van der Waals surface area contributed by atoms with E-state index in [4.69, 9.17) is 35.9 Å². The Bertz CT molecular complexity index is 1150. The summed E-state index contributed by atoms with van der Waals surface area (Å²) in [7, 11) is 0. The van der Waals surface area contributed by atoms with Crippen molar-refractivity contribution < 1.29 is 0 Å². The molecule has 0 bridgehead atoms. The minimum atomic E-state index is 0.450. The number of rotatable bonds is 6. The second-order valence-corrected chi connectivity index (χ2v) is 8.33. The third-order valence-corrected chi connectivity index (χ3v) is 5.42. The molecule has 0 heterocycles. The molecule has 0 aromatic heterocycles. The zero-order valence-electron chi connectivity index (χ0n) is 17.8. The van der Waals surface area contributed by atoms with Crippen molar-refractivity contribution in [3.63, 3.8) is 0 Å². The summed E-state index contributed by atoms with van der Waals surface area (Å²) in [6.07, 6.45) is 1.86. The predicted octanol–water partition coefficient (Wildman–Crippen LogP) is 5.82. The molecule has 0 amide bonds. The van der Waals surface area contributed by atoms with Gasteiger partial charge in [-0.15, -0.1) is 0 Å². The molecule has 0 saturated heterocycles. The quantitative estimate of drug-likeness (QED) is 0.360. The molecule has 0 fully saturated rings. The van der Waals surface area contributed by atoms with Crippen molar-refractivity contribution in [2.75, 3.05) is 0 Å². The molecule has 4 N–H and O–H groups in total. The van der Waals surface area contributed by atoms with Crippen LogP contribution in [0.15, 0.2) is 109 Å². The van der Waals surface area contributed by atoms with E-state index in [2.05, 4.69) is 60.7 Å². The summed E-state index contributed by atoms with van der Waals surface area (Å²) in [5, 5.41) is 0. The Labute approximate surface area is 200 Å². The molecule has 0 atom stereocenters. The lowest BCUT2D eigenvalue weighted by molar-refractivity contribution is 1.19. The van der Waals surface area contributed by atoms with Crippen LogP contribution in [0.2, 0.25) is 0 Å². The van der Waals surface area contributed by atoms with Gasteiger partial charge in [0.05, 0.1) is 0 Å². The SMILES string of the molecule is NC(=S)c1ccc(Cc2ccccc2)cc1.NC(=S)c1cccc(Cc2ccccc2)c1. The van der Waals surface area contributed by atoms with Crippen molar-refractivity contribution in [2.45, 2.75) is 12.8 Å². The van der Waals surface area contributed by atoms with Crippen LogP contribution in [0, 0.1) is 0 Å². The van der Waals surface area contributed by atoms with Crippen molar-refractivity contribution in [1.29, 1.82) is 0 Å². The Morgan fingerprint density at radius 1 is 0.469 bits per heavy atom. The van der Waals surface area contributed by atoms with E-state index >= 15 is 0 Å². The van der Waals surface area contributed by atoms with Gasteiger partial charge in [-0.25, -0.2) is 0 Å². The average molecular weight is 455 g/mol. The second-order valence-electron chi connectivity index (χ2n) is 7.45. The second kappa shape index (κ2) is 11.9. The van der Waals surface area contributed by atoms with Crippen LogP contribution < -0.4 is 11.5 Å². The van der Waals surface area contributed by atoms with Crippen LogP contribution in [0.4, 0.5) is 0 Å². The van der Waals surface area contributed by atoms with Gasteiger partial charge < -0.3 is 11.5 Å². The van der Waals surface area contributed by atoms with Crippen LogP contribution in [-0.4, -0.2) is 9.98 Å². The topological polar surface area (TPSA) is 52.0 Å². The molecule has 160 valence electrons. The summed E-state index contributed by atoms with van der Waals surface area (Å²) in [6, 6.07) is 36.9. The molecule has 4 heteroatoms. The minimum Gasteiger partial charge on any atom is -0.389 e. The molecular formula is C28H26N2S2. The van der Waals surface area contributed by atoms with Gasteiger partial charge in [-0.1, -0.05) is 128 Å². The predicted molar refractivity (Wildman–Crippen MR) is 143 cm³/mol. The maximum absolute atomic E-state index is 5.61. The summed E-state index contributed by atoms with van der Waals surface area (Å²) in [6.45, 7) is 0. The maximum Gasteiger partial charge on any atom is 0.103 e. The smallest absolute Gasteiger partial charge is 0.103 e. The number of nitrogens with two attached hydrogens (primary N) is 2. The fraction of sp³-hybridized carbons (Fsp3) is 0.0714. The van der Waals surface area contributed by atoms with E-state index in [0.29, 0.717) is 9.98 Å². The van der Waals surface area contributed by atoms with Crippen molar-refractivity contribution in [1.82, 2.24) is 0 Å². The van der Waals surface area contributed by atoms with Gasteiger partial charge in [-0.3, -0.25) is 0 Å². The summed E-state index contributed by atoms with van der Waals surface area (Å²) < 4.78 is 0. The molecular weight excluding hydrogens is 428 g/mol. The maximum atomic E-state index is 5.61. The van der Waals surface area contributed by atoms with E-state index in [-0.39, 0.29) is 0 Å². The highest BCUT2D eigenvalue weighted by molar-refractivity contribution is 7.80. The molecule has 0 radical (unpaired) electrons. The summed E-state index contributed by atoms with van der Waals surface area (Å²) in [5.41, 5.74) is 18.1. The van der Waals surface area contributed by atoms with E-state index in [1.54, 1.807) is 0 Å². The van der Waals surface area contributed by atoms with Crippen molar-refractivity contribution in [2.24, 2.45) is 11.5 Å². The highest BCUT2D eigenvalue weighted by atomic mass is 32.1. The van der Waals surface area contributed by atoms with Gasteiger partial charge >= 0.3 is 0 Å². The van der Waals surface area contributed by atoms with Crippen LogP contribution in [0.25, 0.3) is 0 Å². The Balaban J connectivity index is 0.000000181. The fourth-order valence-corrected chi connectivity index (χ4v) is 3.55. The Kier molecular flexibility index (Phi) is 8.67. The fourth-order valence-electron chi connectivity index (χ4n) is 3.28. The van der Waals surface area contributed by atoms with Crippen LogP contribution in [0.5, 0.6) is 0 Å². The van der Waals surface area contributed by atoms with Crippen LogP contribution in [-0.2, 0) is 12.8 Å². The van der Waals surface area contributed by atoms with E-state index in [1.165, 1.54) is 22.3 Å².